The maximum atomic E-state index is 11.5. The number of hydrogen-bond acceptors (Lipinski definition) is 5. The van der Waals surface area contributed by atoms with Crippen LogP contribution in [0.4, 0.5) is 0 Å². The van der Waals surface area contributed by atoms with E-state index in [0.29, 0.717) is 27.5 Å². The first-order chi connectivity index (χ1) is 14.8. The first-order valence-electron chi connectivity index (χ1n) is 9.37. The van der Waals surface area contributed by atoms with Gasteiger partial charge in [-0.05, 0) is 76.2 Å². The highest BCUT2D eigenvalue weighted by molar-refractivity contribution is 14.1. The van der Waals surface area contributed by atoms with E-state index in [0.717, 1.165) is 16.3 Å². The van der Waals surface area contributed by atoms with Crippen molar-refractivity contribution in [3.05, 3.63) is 76.8 Å². The lowest BCUT2D eigenvalue weighted by Crippen LogP contribution is -2.36. The van der Waals surface area contributed by atoms with E-state index < -0.39 is 3.55 Å². The number of ether oxygens (including phenoxy) is 2. The summed E-state index contributed by atoms with van der Waals surface area (Å²) in [6.45, 7) is 3.49. The second kappa shape index (κ2) is 9.02. The van der Waals surface area contributed by atoms with E-state index in [1.165, 1.54) is 18.3 Å². The van der Waals surface area contributed by atoms with Gasteiger partial charge in [0.1, 0.15) is 20.8 Å². The average Bonchev–Trinajstić information content (AvgIpc) is 3.21. The average molecular weight is 565 g/mol. The molecule has 158 valence electrons. The third-order valence-electron chi connectivity index (χ3n) is 4.51. The van der Waals surface area contributed by atoms with Gasteiger partial charge in [0.05, 0.1) is 5.02 Å². The molecule has 1 aromatic heterocycles. The Morgan fingerprint density at radius 1 is 1.06 bits per heavy atom. The maximum absolute atomic E-state index is 11.5. The van der Waals surface area contributed by atoms with Gasteiger partial charge in [-0.2, -0.15) is 0 Å². The molecule has 0 aliphatic rings. The van der Waals surface area contributed by atoms with Crippen molar-refractivity contribution < 1.29 is 14.3 Å². The van der Waals surface area contributed by atoms with Crippen LogP contribution in [0.1, 0.15) is 19.4 Å². The zero-order valence-electron chi connectivity index (χ0n) is 16.7. The summed E-state index contributed by atoms with van der Waals surface area (Å²) in [5.74, 6) is 1.74. The molecule has 0 aliphatic carbocycles. The Labute approximate surface area is 202 Å². The van der Waals surface area contributed by atoms with E-state index in [1.807, 2.05) is 42.6 Å². The summed E-state index contributed by atoms with van der Waals surface area (Å²) in [6, 6.07) is 17.2. The van der Waals surface area contributed by atoms with Crippen molar-refractivity contribution in [1.82, 2.24) is 10.3 Å². The largest absolute Gasteiger partial charge is 0.456 e. The molecule has 0 radical (unpaired) electrons. The predicted molar refractivity (Wildman–Crippen MR) is 133 cm³/mol. The van der Waals surface area contributed by atoms with Gasteiger partial charge in [0.2, 0.25) is 5.91 Å². The van der Waals surface area contributed by atoms with Crippen molar-refractivity contribution in [1.29, 1.82) is 0 Å². The van der Waals surface area contributed by atoms with Crippen LogP contribution in [0, 0.1) is 0 Å². The smallest absolute Gasteiger partial charge is 0.278 e. The molecular weight excluding hydrogens is 547 g/mol. The molecule has 0 saturated carbocycles. The fraction of sp³-hybridized carbons (Fsp3) is 0.130. The zero-order valence-corrected chi connectivity index (χ0v) is 20.4. The molecular formula is C23H18ClIN2O3S. The van der Waals surface area contributed by atoms with Crippen LogP contribution >= 0.6 is 45.5 Å². The van der Waals surface area contributed by atoms with Gasteiger partial charge in [-0.15, -0.1) is 0 Å². The summed E-state index contributed by atoms with van der Waals surface area (Å²) < 4.78 is 11.2. The number of benzene rings is 3. The number of halogens is 2. The van der Waals surface area contributed by atoms with Crippen molar-refractivity contribution >= 4 is 62.2 Å². The summed E-state index contributed by atoms with van der Waals surface area (Å²) >= 11 is 10.0. The number of carbonyl (C=O) groups excluding carboxylic acids is 1. The van der Waals surface area contributed by atoms with Crippen molar-refractivity contribution in [2.75, 3.05) is 0 Å². The summed E-state index contributed by atoms with van der Waals surface area (Å²) in [5.41, 5.74) is 1.02. The van der Waals surface area contributed by atoms with E-state index in [1.54, 1.807) is 24.4 Å². The molecule has 0 spiro atoms. The van der Waals surface area contributed by atoms with Crippen molar-refractivity contribution in [3.8, 4) is 22.4 Å². The SMILES string of the molecule is CC(=O)NC(C)(I)c1ccc2cc(Oc3ccc(Oc4nccs4)cc3Cl)ccc2c1. The summed E-state index contributed by atoms with van der Waals surface area (Å²) in [4.78, 5) is 15.6. The summed E-state index contributed by atoms with van der Waals surface area (Å²) in [7, 11) is 0. The molecule has 1 amide bonds. The molecule has 1 unspecified atom stereocenters. The number of aromatic nitrogens is 1. The molecule has 3 aromatic carbocycles. The molecule has 4 rings (SSSR count). The Balaban J connectivity index is 1.54. The molecule has 0 aliphatic heterocycles. The monoisotopic (exact) mass is 564 g/mol. The summed E-state index contributed by atoms with van der Waals surface area (Å²) in [6.07, 6.45) is 1.68. The molecule has 5 nitrogen and oxygen atoms in total. The van der Waals surface area contributed by atoms with Gasteiger partial charge in [0.15, 0.2) is 0 Å². The Kier molecular flexibility index (Phi) is 6.36. The second-order valence-electron chi connectivity index (χ2n) is 7.00. The number of alkyl halides is 1. The first-order valence-corrected chi connectivity index (χ1v) is 11.7. The van der Waals surface area contributed by atoms with E-state index in [2.05, 4.69) is 39.0 Å². The second-order valence-corrected chi connectivity index (χ2v) is 10.4. The van der Waals surface area contributed by atoms with Crippen LogP contribution in [0.25, 0.3) is 10.8 Å². The van der Waals surface area contributed by atoms with Gasteiger partial charge < -0.3 is 14.8 Å². The van der Waals surface area contributed by atoms with Crippen LogP contribution in [0.5, 0.6) is 22.4 Å². The normalized spacial score (nSPS) is 12.9. The van der Waals surface area contributed by atoms with Crippen molar-refractivity contribution in [2.24, 2.45) is 0 Å². The quantitative estimate of drug-likeness (QED) is 0.152. The maximum Gasteiger partial charge on any atom is 0.278 e. The van der Waals surface area contributed by atoms with E-state index in [-0.39, 0.29) is 5.91 Å². The number of rotatable bonds is 6. The summed E-state index contributed by atoms with van der Waals surface area (Å²) in [5, 5.41) is 7.88. The molecule has 0 fully saturated rings. The van der Waals surface area contributed by atoms with Gasteiger partial charge in [0, 0.05) is 24.6 Å². The van der Waals surface area contributed by atoms with Crippen molar-refractivity contribution in [3.63, 3.8) is 0 Å². The predicted octanol–water partition coefficient (Wildman–Crippen LogP) is 7.28. The fourth-order valence-electron chi connectivity index (χ4n) is 3.10. The zero-order chi connectivity index (χ0) is 22.0. The lowest BCUT2D eigenvalue weighted by atomic mass is 10.0. The van der Waals surface area contributed by atoms with Crippen LogP contribution < -0.4 is 14.8 Å². The van der Waals surface area contributed by atoms with Gasteiger partial charge >= 0.3 is 0 Å². The van der Waals surface area contributed by atoms with E-state index in [9.17, 15) is 4.79 Å². The number of hydrogen-bond donors (Lipinski definition) is 1. The van der Waals surface area contributed by atoms with Crippen molar-refractivity contribution in [2.45, 2.75) is 17.4 Å². The topological polar surface area (TPSA) is 60.5 Å². The minimum Gasteiger partial charge on any atom is -0.456 e. The van der Waals surface area contributed by atoms with Gasteiger partial charge in [-0.25, -0.2) is 4.98 Å². The number of amides is 1. The molecule has 8 heteroatoms. The molecule has 1 atom stereocenters. The van der Waals surface area contributed by atoms with Crippen LogP contribution in [0.3, 0.4) is 0 Å². The number of nitrogens with one attached hydrogen (secondary N) is 1. The van der Waals surface area contributed by atoms with Gasteiger partial charge in [0.25, 0.3) is 5.19 Å². The number of nitrogens with zero attached hydrogens (tertiary/aromatic N) is 1. The van der Waals surface area contributed by atoms with Crippen LogP contribution in [-0.2, 0) is 8.34 Å². The molecule has 0 bridgehead atoms. The van der Waals surface area contributed by atoms with Gasteiger partial charge in [-0.1, -0.05) is 41.1 Å². The molecule has 1 heterocycles. The molecule has 1 N–H and O–H groups in total. The molecule has 4 aromatic rings. The lowest BCUT2D eigenvalue weighted by molar-refractivity contribution is -0.119. The lowest BCUT2D eigenvalue weighted by Gasteiger charge is -2.24. The number of fused-ring (bicyclic) bond motifs is 1. The Bertz CT molecular complexity index is 1250. The highest BCUT2D eigenvalue weighted by Gasteiger charge is 2.23. The van der Waals surface area contributed by atoms with E-state index in [4.69, 9.17) is 21.1 Å². The minimum atomic E-state index is -0.483. The molecule has 31 heavy (non-hydrogen) atoms. The highest BCUT2D eigenvalue weighted by atomic mass is 127. The van der Waals surface area contributed by atoms with Crippen LogP contribution in [0.2, 0.25) is 5.02 Å². The molecule has 0 saturated heterocycles. The minimum absolute atomic E-state index is 0.0688. The third-order valence-corrected chi connectivity index (χ3v) is 6.35. The Hall–Kier alpha value is -2.36. The Morgan fingerprint density at radius 3 is 2.48 bits per heavy atom. The third kappa shape index (κ3) is 5.28. The highest BCUT2D eigenvalue weighted by Crippen LogP contribution is 2.36. The van der Waals surface area contributed by atoms with Crippen LogP contribution in [0.15, 0.2) is 66.2 Å². The Morgan fingerprint density at radius 2 is 1.77 bits per heavy atom. The standard InChI is InChI=1S/C23H18ClIN2O3S/c1-14(28)27-23(2,25)17-5-3-16-12-18(6-4-15(16)11-17)29-21-8-7-19(13-20(21)24)30-22-26-9-10-31-22/h3-13H,1-2H3,(H,27,28). The number of carbonyl (C=O) groups is 1. The first kappa shape index (κ1) is 21.9. The number of thiazole rings is 1. The van der Waals surface area contributed by atoms with Gasteiger partial charge in [-0.3, -0.25) is 4.79 Å². The van der Waals surface area contributed by atoms with Crippen LogP contribution in [-0.4, -0.2) is 10.9 Å². The fourth-order valence-corrected chi connectivity index (χ4v) is 4.53. The van der Waals surface area contributed by atoms with E-state index >= 15 is 0 Å².